The monoisotopic (exact) mass is 220 g/mol. The largest absolute Gasteiger partial charge is 0.506 e. The van der Waals surface area contributed by atoms with Gasteiger partial charge in [-0.1, -0.05) is 13.0 Å². The Labute approximate surface area is 96.9 Å². The number of nitrogen functional groups attached to an aromatic ring is 1. The van der Waals surface area contributed by atoms with Crippen molar-refractivity contribution < 1.29 is 5.11 Å². The lowest BCUT2D eigenvalue weighted by atomic mass is 10.1. The molecule has 0 bridgehead atoms. The molecule has 2 rings (SSSR count). The molecule has 2 atom stereocenters. The number of hydrogen-bond acceptors (Lipinski definition) is 3. The van der Waals surface area contributed by atoms with Crippen molar-refractivity contribution in [2.24, 2.45) is 5.92 Å². The molecule has 1 fully saturated rings. The smallest absolute Gasteiger partial charge is 0.138 e. The summed E-state index contributed by atoms with van der Waals surface area (Å²) in [5.74, 6) is 0.955. The Bertz CT molecular complexity index is 378. The van der Waals surface area contributed by atoms with Gasteiger partial charge in [-0.2, -0.15) is 0 Å². The van der Waals surface area contributed by atoms with E-state index < -0.39 is 0 Å². The molecule has 0 spiro atoms. The summed E-state index contributed by atoms with van der Waals surface area (Å²) < 4.78 is 0. The van der Waals surface area contributed by atoms with Gasteiger partial charge in [0.15, 0.2) is 0 Å². The summed E-state index contributed by atoms with van der Waals surface area (Å²) in [6.07, 6.45) is 1.27. The average molecular weight is 220 g/mol. The third kappa shape index (κ3) is 2.30. The summed E-state index contributed by atoms with van der Waals surface area (Å²) in [5, 5.41) is 9.36. The molecule has 1 aromatic rings. The van der Waals surface area contributed by atoms with Crippen LogP contribution >= 0.6 is 0 Å². The Morgan fingerprint density at radius 1 is 1.44 bits per heavy atom. The van der Waals surface area contributed by atoms with Gasteiger partial charge < -0.3 is 10.8 Å². The number of aromatic hydroxyl groups is 1. The van der Waals surface area contributed by atoms with E-state index in [4.69, 9.17) is 5.73 Å². The van der Waals surface area contributed by atoms with Gasteiger partial charge in [0.2, 0.25) is 0 Å². The van der Waals surface area contributed by atoms with E-state index in [-0.39, 0.29) is 5.75 Å². The predicted octanol–water partition coefficient (Wildman–Crippen LogP) is 2.20. The van der Waals surface area contributed by atoms with Crippen LogP contribution in [-0.2, 0) is 6.54 Å². The van der Waals surface area contributed by atoms with Gasteiger partial charge in [-0.25, -0.2) is 0 Å². The number of anilines is 1. The van der Waals surface area contributed by atoms with Crippen LogP contribution in [0.3, 0.4) is 0 Å². The van der Waals surface area contributed by atoms with Gasteiger partial charge in [0.25, 0.3) is 0 Å². The van der Waals surface area contributed by atoms with Gasteiger partial charge in [-0.15, -0.1) is 0 Å². The SMILES string of the molecule is CC1CC(C)N(Cc2ccc(O)c(N)c2)C1. The van der Waals surface area contributed by atoms with Crippen molar-refractivity contribution in [1.82, 2.24) is 4.90 Å². The van der Waals surface area contributed by atoms with E-state index in [0.717, 1.165) is 19.0 Å². The summed E-state index contributed by atoms with van der Waals surface area (Å²) in [6, 6.07) is 6.13. The molecule has 2 unspecified atom stereocenters. The number of likely N-dealkylation sites (tertiary alicyclic amines) is 1. The van der Waals surface area contributed by atoms with Crippen LogP contribution in [0.1, 0.15) is 25.8 Å². The molecule has 1 heterocycles. The first-order chi connectivity index (χ1) is 7.56. The van der Waals surface area contributed by atoms with Crippen LogP contribution in [0.2, 0.25) is 0 Å². The summed E-state index contributed by atoms with van der Waals surface area (Å²) in [6.45, 7) is 6.65. The number of hydrogen-bond donors (Lipinski definition) is 2. The molecule has 3 heteroatoms. The number of phenols is 1. The van der Waals surface area contributed by atoms with Crippen LogP contribution in [0.15, 0.2) is 18.2 Å². The zero-order chi connectivity index (χ0) is 11.7. The lowest BCUT2D eigenvalue weighted by Gasteiger charge is -2.21. The fourth-order valence-electron chi connectivity index (χ4n) is 2.54. The highest BCUT2D eigenvalue weighted by atomic mass is 16.3. The van der Waals surface area contributed by atoms with Crippen LogP contribution < -0.4 is 5.73 Å². The van der Waals surface area contributed by atoms with E-state index in [0.29, 0.717) is 11.7 Å². The van der Waals surface area contributed by atoms with Gasteiger partial charge in [-0.3, -0.25) is 4.90 Å². The van der Waals surface area contributed by atoms with Crippen molar-refractivity contribution in [3.05, 3.63) is 23.8 Å². The van der Waals surface area contributed by atoms with Crippen molar-refractivity contribution in [2.45, 2.75) is 32.9 Å². The van der Waals surface area contributed by atoms with Crippen LogP contribution in [0.25, 0.3) is 0 Å². The van der Waals surface area contributed by atoms with E-state index in [9.17, 15) is 5.11 Å². The Morgan fingerprint density at radius 2 is 2.19 bits per heavy atom. The molecule has 0 amide bonds. The van der Waals surface area contributed by atoms with E-state index in [1.807, 2.05) is 12.1 Å². The van der Waals surface area contributed by atoms with E-state index >= 15 is 0 Å². The maximum Gasteiger partial charge on any atom is 0.138 e. The molecule has 1 saturated heterocycles. The van der Waals surface area contributed by atoms with Crippen molar-refractivity contribution in [1.29, 1.82) is 0 Å². The first-order valence-electron chi connectivity index (χ1n) is 5.87. The number of phenolic OH excluding ortho intramolecular Hbond substituents is 1. The first-order valence-corrected chi connectivity index (χ1v) is 5.87. The van der Waals surface area contributed by atoms with Gasteiger partial charge in [-0.05, 0) is 37.0 Å². The topological polar surface area (TPSA) is 49.5 Å². The third-order valence-electron chi connectivity index (χ3n) is 3.39. The van der Waals surface area contributed by atoms with Crippen LogP contribution in [0, 0.1) is 5.92 Å². The Kier molecular flexibility index (Phi) is 3.06. The zero-order valence-corrected chi connectivity index (χ0v) is 9.98. The van der Waals surface area contributed by atoms with E-state index in [1.54, 1.807) is 6.07 Å². The quantitative estimate of drug-likeness (QED) is 0.593. The Hall–Kier alpha value is -1.22. The second-order valence-electron chi connectivity index (χ2n) is 5.01. The van der Waals surface area contributed by atoms with Crippen LogP contribution in [0.4, 0.5) is 5.69 Å². The molecule has 3 N–H and O–H groups in total. The van der Waals surface area contributed by atoms with Crippen molar-refractivity contribution in [3.8, 4) is 5.75 Å². The lowest BCUT2D eigenvalue weighted by Crippen LogP contribution is -2.26. The Balaban J connectivity index is 2.06. The summed E-state index contributed by atoms with van der Waals surface area (Å²) in [5.41, 5.74) is 7.34. The number of nitrogens with two attached hydrogens (primary N) is 1. The fourth-order valence-corrected chi connectivity index (χ4v) is 2.54. The fraction of sp³-hybridized carbons (Fsp3) is 0.538. The Morgan fingerprint density at radius 3 is 2.75 bits per heavy atom. The molecule has 3 nitrogen and oxygen atoms in total. The molecular formula is C13H20N2O. The number of nitrogens with zero attached hydrogens (tertiary/aromatic N) is 1. The molecule has 0 radical (unpaired) electrons. The predicted molar refractivity (Wildman–Crippen MR) is 66.2 cm³/mol. The highest BCUT2D eigenvalue weighted by Crippen LogP contribution is 2.26. The molecule has 0 saturated carbocycles. The minimum Gasteiger partial charge on any atom is -0.506 e. The van der Waals surface area contributed by atoms with Crippen LogP contribution in [0.5, 0.6) is 5.75 Å². The summed E-state index contributed by atoms with van der Waals surface area (Å²) in [7, 11) is 0. The second-order valence-corrected chi connectivity index (χ2v) is 5.01. The molecule has 16 heavy (non-hydrogen) atoms. The standard InChI is InChI=1S/C13H20N2O/c1-9-5-10(2)15(7-9)8-11-3-4-13(16)12(14)6-11/h3-4,6,9-10,16H,5,7-8,14H2,1-2H3. The normalized spacial score (nSPS) is 26.1. The van der Waals surface area contributed by atoms with Gasteiger partial charge in [0.05, 0.1) is 5.69 Å². The van der Waals surface area contributed by atoms with Crippen molar-refractivity contribution in [2.75, 3.05) is 12.3 Å². The van der Waals surface area contributed by atoms with Gasteiger partial charge >= 0.3 is 0 Å². The number of benzene rings is 1. The van der Waals surface area contributed by atoms with Crippen LogP contribution in [-0.4, -0.2) is 22.6 Å². The van der Waals surface area contributed by atoms with E-state index in [1.165, 1.54) is 12.0 Å². The van der Waals surface area contributed by atoms with Gasteiger partial charge in [0.1, 0.15) is 5.75 Å². The highest BCUT2D eigenvalue weighted by molar-refractivity contribution is 5.53. The maximum atomic E-state index is 9.36. The summed E-state index contributed by atoms with van der Waals surface area (Å²) in [4.78, 5) is 2.47. The molecule has 88 valence electrons. The molecule has 0 aliphatic carbocycles. The molecule has 1 aliphatic heterocycles. The first kappa shape index (κ1) is 11.3. The molecule has 0 aromatic heterocycles. The third-order valence-corrected chi connectivity index (χ3v) is 3.39. The second kappa shape index (κ2) is 4.34. The summed E-state index contributed by atoms with van der Waals surface area (Å²) >= 11 is 0. The minimum absolute atomic E-state index is 0.173. The molecule has 1 aliphatic rings. The van der Waals surface area contributed by atoms with Crippen molar-refractivity contribution >= 4 is 5.69 Å². The zero-order valence-electron chi connectivity index (χ0n) is 9.98. The molecular weight excluding hydrogens is 200 g/mol. The maximum absolute atomic E-state index is 9.36. The lowest BCUT2D eigenvalue weighted by molar-refractivity contribution is 0.256. The number of rotatable bonds is 2. The molecule has 1 aromatic carbocycles. The van der Waals surface area contributed by atoms with Crippen molar-refractivity contribution in [3.63, 3.8) is 0 Å². The van der Waals surface area contributed by atoms with E-state index in [2.05, 4.69) is 18.7 Å². The minimum atomic E-state index is 0.173. The average Bonchev–Trinajstić information content (AvgIpc) is 2.51. The highest BCUT2D eigenvalue weighted by Gasteiger charge is 2.25. The van der Waals surface area contributed by atoms with Gasteiger partial charge in [0, 0.05) is 19.1 Å².